The fraction of sp³-hybridized carbons (Fsp3) is 0.125. The summed E-state index contributed by atoms with van der Waals surface area (Å²) in [6.07, 6.45) is 0. The van der Waals surface area contributed by atoms with Crippen molar-refractivity contribution in [2.75, 3.05) is 7.11 Å². The van der Waals surface area contributed by atoms with Crippen LogP contribution in [0.25, 0.3) is 0 Å². The average Bonchev–Trinajstić information content (AvgIpc) is 2.67. The van der Waals surface area contributed by atoms with E-state index >= 15 is 0 Å². The molecule has 3 N–H and O–H groups in total. The van der Waals surface area contributed by atoms with Crippen LogP contribution in [0, 0.1) is 0 Å². The number of aromatic carboxylic acids is 1. The Balaban J connectivity index is 0.000000273. The first-order valence-corrected chi connectivity index (χ1v) is 10.4. The number of hydrogen-bond acceptors (Lipinski definition) is 7. The van der Waals surface area contributed by atoms with Crippen molar-refractivity contribution in [3.05, 3.63) is 60.2 Å². The molecule has 2 rings (SSSR count). The molecule has 0 saturated heterocycles. The monoisotopic (exact) mass is 427 g/mol. The molecule has 0 radical (unpaired) electrons. The second-order valence-corrected chi connectivity index (χ2v) is 8.59. The van der Waals surface area contributed by atoms with E-state index in [-0.39, 0.29) is 9.91 Å². The predicted molar refractivity (Wildman–Crippen MR) is 91.1 cm³/mol. The summed E-state index contributed by atoms with van der Waals surface area (Å²) in [6.45, 7) is 1.18. The number of ether oxygens (including phenoxy) is 1. The van der Waals surface area contributed by atoms with E-state index in [0.29, 0.717) is 5.75 Å². The molecule has 0 heterocycles. The Morgan fingerprint density at radius 3 is 2.04 bits per heavy atom. The van der Waals surface area contributed by atoms with Gasteiger partial charge in [0.25, 0.3) is 0 Å². The van der Waals surface area contributed by atoms with Crippen LogP contribution in [0.3, 0.4) is 0 Å². The number of carbonyl (C=O) groups is 2. The predicted octanol–water partition coefficient (Wildman–Crippen LogP) is 1.21. The van der Waals surface area contributed by atoms with Crippen molar-refractivity contribution in [3.63, 3.8) is 0 Å². The Hall–Kier alpha value is -2.58. The van der Waals surface area contributed by atoms with Crippen LogP contribution >= 0.6 is 0 Å². The number of carboxylic acid groups (broad SMARTS) is 1. The SMILES string of the molecule is CC(=O)NO[As](=O)(OO)c1ccccc1.COc1ccc(C(=O)O)cc1. The van der Waals surface area contributed by atoms with Crippen LogP contribution in [0.15, 0.2) is 54.6 Å². The number of benzene rings is 2. The maximum atomic E-state index is 11.8. The average molecular weight is 427 g/mol. The summed E-state index contributed by atoms with van der Waals surface area (Å²) in [5.41, 5.74) is 2.14. The van der Waals surface area contributed by atoms with Gasteiger partial charge in [0.15, 0.2) is 0 Å². The van der Waals surface area contributed by atoms with Gasteiger partial charge in [-0.1, -0.05) is 0 Å². The minimum Gasteiger partial charge on any atom is -0.497 e. The van der Waals surface area contributed by atoms with Crippen molar-refractivity contribution >= 4 is 30.4 Å². The Morgan fingerprint density at radius 2 is 1.62 bits per heavy atom. The van der Waals surface area contributed by atoms with E-state index in [1.54, 1.807) is 30.3 Å². The summed E-state index contributed by atoms with van der Waals surface area (Å²) in [7, 11) is 1.54. The van der Waals surface area contributed by atoms with Gasteiger partial charge in [0.05, 0.1) is 12.7 Å². The first-order chi connectivity index (χ1) is 12.3. The van der Waals surface area contributed by atoms with Gasteiger partial charge < -0.3 is 9.84 Å². The maximum absolute atomic E-state index is 11.8. The molecule has 0 bridgehead atoms. The number of nitrogens with one attached hydrogen (secondary N) is 1. The number of hydrogen-bond donors (Lipinski definition) is 3. The minimum absolute atomic E-state index is 0.201. The molecule has 1 amide bonds. The van der Waals surface area contributed by atoms with Gasteiger partial charge in [-0.2, -0.15) is 0 Å². The van der Waals surface area contributed by atoms with E-state index in [0.717, 1.165) is 0 Å². The maximum Gasteiger partial charge on any atom is 0.335 e. The van der Waals surface area contributed by atoms with E-state index in [9.17, 15) is 13.3 Å². The molecular formula is C16H18AsNO8. The van der Waals surface area contributed by atoms with Gasteiger partial charge in [-0.15, -0.1) is 0 Å². The van der Waals surface area contributed by atoms with Gasteiger partial charge >= 0.3 is 94.6 Å². The number of carboxylic acids is 1. The van der Waals surface area contributed by atoms with Gasteiger partial charge in [-0.05, 0) is 24.3 Å². The van der Waals surface area contributed by atoms with Gasteiger partial charge in [0.1, 0.15) is 5.75 Å². The first kappa shape index (κ1) is 21.5. The van der Waals surface area contributed by atoms with Gasteiger partial charge in [-0.3, -0.25) is 0 Å². The largest absolute Gasteiger partial charge is 0.497 e. The van der Waals surface area contributed by atoms with Gasteiger partial charge in [0.2, 0.25) is 0 Å². The molecule has 0 aromatic heterocycles. The molecular weight excluding hydrogens is 409 g/mol. The van der Waals surface area contributed by atoms with E-state index in [1.807, 2.05) is 5.48 Å². The Labute approximate surface area is 152 Å². The third-order valence-corrected chi connectivity index (χ3v) is 5.93. The molecule has 10 heteroatoms. The Bertz CT molecular complexity index is 764. The number of methoxy groups -OCH3 is 1. The summed E-state index contributed by atoms with van der Waals surface area (Å²) in [5, 5.41) is 17.0. The number of hydroxylamine groups is 1. The molecule has 26 heavy (non-hydrogen) atoms. The standard InChI is InChI=1S/C8H10AsNO5.C8H8O3/c1-7(11)10-14-9(12,15-13)8-5-3-2-4-6-8;1-11-7-4-2-6(3-5-7)8(9)10/h2-6,13H,1H3,(H,10,11);2-5H,1H3,(H,9,10). The zero-order valence-electron chi connectivity index (χ0n) is 14.0. The quantitative estimate of drug-likeness (QED) is 0.356. The van der Waals surface area contributed by atoms with Crippen LogP contribution in [0.2, 0.25) is 0 Å². The fourth-order valence-corrected chi connectivity index (χ4v) is 3.72. The third kappa shape index (κ3) is 6.73. The van der Waals surface area contributed by atoms with Crippen LogP contribution in [-0.4, -0.2) is 43.5 Å². The van der Waals surface area contributed by atoms with E-state index < -0.39 is 26.0 Å². The molecule has 2 aromatic carbocycles. The number of rotatable bonds is 6. The second kappa shape index (κ2) is 10.4. The van der Waals surface area contributed by atoms with Crippen LogP contribution in [0.4, 0.5) is 0 Å². The molecule has 140 valence electrons. The van der Waals surface area contributed by atoms with E-state index in [4.69, 9.17) is 15.1 Å². The topological polar surface area (TPSA) is 131 Å². The Kier molecular flexibility index (Phi) is 8.60. The van der Waals surface area contributed by atoms with Crippen LogP contribution < -0.4 is 14.6 Å². The molecule has 0 aliphatic rings. The molecule has 2 aromatic rings. The van der Waals surface area contributed by atoms with E-state index in [1.165, 1.54) is 38.3 Å². The second-order valence-electron chi connectivity index (χ2n) is 4.70. The molecule has 9 nitrogen and oxygen atoms in total. The van der Waals surface area contributed by atoms with Crippen molar-refractivity contribution in [2.24, 2.45) is 0 Å². The molecule has 0 saturated carbocycles. The van der Waals surface area contributed by atoms with E-state index in [2.05, 4.69) is 7.70 Å². The number of amides is 1. The van der Waals surface area contributed by atoms with Gasteiger partial charge in [-0.25, -0.2) is 4.79 Å². The van der Waals surface area contributed by atoms with Crippen molar-refractivity contribution in [2.45, 2.75) is 6.92 Å². The van der Waals surface area contributed by atoms with Crippen molar-refractivity contribution in [1.82, 2.24) is 5.48 Å². The normalized spacial score (nSPS) is 12.1. The summed E-state index contributed by atoms with van der Waals surface area (Å²) >= 11 is -4.55. The van der Waals surface area contributed by atoms with Crippen LogP contribution in [-0.2, 0) is 16.2 Å². The molecule has 1 atom stereocenters. The molecule has 0 fully saturated rings. The molecule has 0 spiro atoms. The smallest absolute Gasteiger partial charge is 0.335 e. The minimum atomic E-state index is -4.55. The van der Waals surface area contributed by atoms with Gasteiger partial charge in [0, 0.05) is 0 Å². The Morgan fingerprint density at radius 1 is 1.04 bits per heavy atom. The number of carbonyl (C=O) groups excluding carboxylic acids is 1. The molecule has 0 aliphatic heterocycles. The zero-order chi connectivity index (χ0) is 19.6. The van der Waals surface area contributed by atoms with Crippen molar-refractivity contribution < 1.29 is 36.1 Å². The van der Waals surface area contributed by atoms with Crippen molar-refractivity contribution in [3.8, 4) is 5.75 Å². The fourth-order valence-electron chi connectivity index (χ4n) is 1.59. The van der Waals surface area contributed by atoms with Crippen molar-refractivity contribution in [1.29, 1.82) is 0 Å². The third-order valence-electron chi connectivity index (χ3n) is 2.83. The van der Waals surface area contributed by atoms with Crippen LogP contribution in [0.1, 0.15) is 17.3 Å². The molecule has 0 aliphatic carbocycles. The molecule has 1 unspecified atom stereocenters. The summed E-state index contributed by atoms with van der Waals surface area (Å²) < 4.78 is 25.3. The summed E-state index contributed by atoms with van der Waals surface area (Å²) in [4.78, 5) is 20.9. The zero-order valence-corrected chi connectivity index (χ0v) is 15.9. The summed E-state index contributed by atoms with van der Waals surface area (Å²) in [5.74, 6) is -0.799. The van der Waals surface area contributed by atoms with Crippen LogP contribution in [0.5, 0.6) is 5.75 Å². The first-order valence-electron chi connectivity index (χ1n) is 7.13. The summed E-state index contributed by atoms with van der Waals surface area (Å²) in [6, 6.07) is 14.1.